The Morgan fingerprint density at radius 2 is 1.64 bits per heavy atom. The van der Waals surface area contributed by atoms with E-state index in [0.717, 1.165) is 28.3 Å². The zero-order valence-corrected chi connectivity index (χ0v) is 16.8. The number of amides is 1. The maximum Gasteiger partial charge on any atom is 0.271 e. The van der Waals surface area contributed by atoms with Crippen LogP contribution in [-0.4, -0.2) is 11.1 Å². The van der Waals surface area contributed by atoms with Crippen molar-refractivity contribution in [2.24, 2.45) is 4.99 Å². The van der Waals surface area contributed by atoms with Crippen LogP contribution in [0.5, 0.6) is 0 Å². The second-order valence-corrected chi connectivity index (χ2v) is 7.68. The summed E-state index contributed by atoms with van der Waals surface area (Å²) in [7, 11) is 0. The Kier molecular flexibility index (Phi) is 4.92. The van der Waals surface area contributed by atoms with Crippen LogP contribution in [-0.2, 0) is 4.79 Å². The molecule has 28 heavy (non-hydrogen) atoms. The van der Waals surface area contributed by atoms with Gasteiger partial charge in [-0.3, -0.25) is 9.69 Å². The van der Waals surface area contributed by atoms with Crippen LogP contribution in [0.3, 0.4) is 0 Å². The second-order valence-electron chi connectivity index (χ2n) is 6.67. The van der Waals surface area contributed by atoms with Gasteiger partial charge in [0.2, 0.25) is 0 Å². The number of amidine groups is 1. The van der Waals surface area contributed by atoms with Crippen LogP contribution in [0, 0.1) is 20.8 Å². The molecule has 1 saturated heterocycles. The highest BCUT2D eigenvalue weighted by Crippen LogP contribution is 2.38. The Labute approximate surface area is 168 Å². The minimum absolute atomic E-state index is 0.0966. The van der Waals surface area contributed by atoms with Crippen LogP contribution in [0.4, 0.5) is 11.4 Å². The first-order valence-corrected chi connectivity index (χ1v) is 9.85. The van der Waals surface area contributed by atoms with Crippen LogP contribution < -0.4 is 4.90 Å². The van der Waals surface area contributed by atoms with Crippen LogP contribution in [0.1, 0.15) is 22.6 Å². The van der Waals surface area contributed by atoms with Crippen molar-refractivity contribution in [3.8, 4) is 0 Å². The molecule has 4 rings (SSSR count). The normalized spacial score (nSPS) is 17.1. The van der Waals surface area contributed by atoms with Crippen LogP contribution >= 0.6 is 11.8 Å². The molecule has 0 saturated carbocycles. The third-order valence-electron chi connectivity index (χ3n) is 4.53. The smallest absolute Gasteiger partial charge is 0.271 e. The molecule has 1 aromatic heterocycles. The quantitative estimate of drug-likeness (QED) is 0.516. The van der Waals surface area contributed by atoms with Gasteiger partial charge in [-0.25, -0.2) is 4.99 Å². The summed E-state index contributed by atoms with van der Waals surface area (Å²) in [5.74, 6) is 1.38. The average molecular weight is 388 g/mol. The fourth-order valence-corrected chi connectivity index (χ4v) is 3.99. The number of hydrogen-bond acceptors (Lipinski definition) is 4. The number of carbonyl (C=O) groups is 1. The molecule has 0 bridgehead atoms. The minimum atomic E-state index is -0.0966. The van der Waals surface area contributed by atoms with Crippen molar-refractivity contribution < 1.29 is 9.21 Å². The van der Waals surface area contributed by atoms with E-state index in [1.165, 1.54) is 11.8 Å². The van der Waals surface area contributed by atoms with Crippen molar-refractivity contribution in [3.05, 3.63) is 88.2 Å². The summed E-state index contributed by atoms with van der Waals surface area (Å²) in [5, 5.41) is 0.642. The lowest BCUT2D eigenvalue weighted by Gasteiger charge is -2.18. The maximum absolute atomic E-state index is 13.3. The molecule has 1 aliphatic heterocycles. The molecule has 1 fully saturated rings. The highest BCUT2D eigenvalue weighted by atomic mass is 32.2. The lowest BCUT2D eigenvalue weighted by molar-refractivity contribution is -0.113. The van der Waals surface area contributed by atoms with Gasteiger partial charge in [0, 0.05) is 6.08 Å². The highest BCUT2D eigenvalue weighted by molar-refractivity contribution is 8.19. The van der Waals surface area contributed by atoms with E-state index in [-0.39, 0.29) is 5.91 Å². The summed E-state index contributed by atoms with van der Waals surface area (Å²) in [6.07, 6.45) is 1.78. The lowest BCUT2D eigenvalue weighted by atomic mass is 10.2. The second kappa shape index (κ2) is 7.52. The van der Waals surface area contributed by atoms with Gasteiger partial charge in [-0.05, 0) is 67.9 Å². The Morgan fingerprint density at radius 3 is 2.32 bits per heavy atom. The van der Waals surface area contributed by atoms with Crippen LogP contribution in [0.2, 0.25) is 0 Å². The molecule has 2 heterocycles. The SMILES string of the molecule is Cc1ccc(/C=C2/SC(=Nc3ccccc3C)N(c3ccccc3C)C2=O)o1. The first kappa shape index (κ1) is 18.3. The number of nitrogens with zero attached hydrogens (tertiary/aromatic N) is 2. The predicted molar refractivity (Wildman–Crippen MR) is 116 cm³/mol. The third-order valence-corrected chi connectivity index (χ3v) is 5.50. The highest BCUT2D eigenvalue weighted by Gasteiger charge is 2.35. The molecule has 5 heteroatoms. The van der Waals surface area contributed by atoms with Gasteiger partial charge in [0.25, 0.3) is 5.91 Å². The summed E-state index contributed by atoms with van der Waals surface area (Å²) >= 11 is 1.37. The minimum Gasteiger partial charge on any atom is -0.462 e. The number of anilines is 1. The molecule has 0 atom stereocenters. The lowest BCUT2D eigenvalue weighted by Crippen LogP contribution is -2.29. The van der Waals surface area contributed by atoms with Gasteiger partial charge < -0.3 is 4.42 Å². The molecule has 0 aliphatic carbocycles. The van der Waals surface area contributed by atoms with Gasteiger partial charge >= 0.3 is 0 Å². The monoisotopic (exact) mass is 388 g/mol. The zero-order chi connectivity index (χ0) is 19.7. The molecule has 1 aliphatic rings. The number of rotatable bonds is 3. The van der Waals surface area contributed by atoms with E-state index in [1.54, 1.807) is 11.0 Å². The van der Waals surface area contributed by atoms with Crippen molar-refractivity contribution in [1.82, 2.24) is 0 Å². The summed E-state index contributed by atoms with van der Waals surface area (Å²) < 4.78 is 5.63. The van der Waals surface area contributed by atoms with Gasteiger partial charge in [0.05, 0.1) is 16.3 Å². The van der Waals surface area contributed by atoms with E-state index in [9.17, 15) is 4.79 Å². The number of carbonyl (C=O) groups excluding carboxylic acids is 1. The molecule has 4 nitrogen and oxygen atoms in total. The van der Waals surface area contributed by atoms with Crippen LogP contribution in [0.15, 0.2) is 75.0 Å². The molecule has 2 aromatic carbocycles. The number of benzene rings is 2. The molecule has 3 aromatic rings. The number of aliphatic imine (C=N–C) groups is 1. The van der Waals surface area contributed by atoms with E-state index < -0.39 is 0 Å². The van der Waals surface area contributed by atoms with Crippen molar-refractivity contribution in [2.45, 2.75) is 20.8 Å². The van der Waals surface area contributed by atoms with E-state index in [0.29, 0.717) is 15.8 Å². The molecular weight excluding hydrogens is 368 g/mol. The fraction of sp³-hybridized carbons (Fsp3) is 0.130. The standard InChI is InChI=1S/C23H20N2O2S/c1-15-8-4-6-10-19(15)24-23-25(20-11-7-5-9-16(20)2)22(26)21(28-23)14-18-13-12-17(3)27-18/h4-14H,1-3H3/b21-14+,24-23?. The first-order valence-electron chi connectivity index (χ1n) is 9.03. The number of para-hydroxylation sites is 2. The zero-order valence-electron chi connectivity index (χ0n) is 16.0. The van der Waals surface area contributed by atoms with Crippen molar-refractivity contribution >= 4 is 40.3 Å². The van der Waals surface area contributed by atoms with Gasteiger partial charge in [-0.15, -0.1) is 0 Å². The first-order chi connectivity index (χ1) is 13.5. The number of hydrogen-bond donors (Lipinski definition) is 0. The number of furan rings is 1. The van der Waals surface area contributed by atoms with E-state index in [4.69, 9.17) is 9.41 Å². The predicted octanol–water partition coefficient (Wildman–Crippen LogP) is 6.01. The number of thioether (sulfide) groups is 1. The van der Waals surface area contributed by atoms with Crippen molar-refractivity contribution in [3.63, 3.8) is 0 Å². The molecule has 140 valence electrons. The van der Waals surface area contributed by atoms with E-state index in [1.807, 2.05) is 81.4 Å². The summed E-state index contributed by atoms with van der Waals surface area (Å²) in [6, 6.07) is 19.5. The Hall–Kier alpha value is -3.05. The number of aryl methyl sites for hydroxylation is 3. The van der Waals surface area contributed by atoms with Gasteiger partial charge in [0.15, 0.2) is 5.17 Å². The maximum atomic E-state index is 13.3. The summed E-state index contributed by atoms with van der Waals surface area (Å²) in [4.78, 5) is 20.4. The Morgan fingerprint density at radius 1 is 0.929 bits per heavy atom. The summed E-state index contributed by atoms with van der Waals surface area (Å²) in [6.45, 7) is 5.90. The largest absolute Gasteiger partial charge is 0.462 e. The molecule has 0 N–H and O–H groups in total. The van der Waals surface area contributed by atoms with Crippen LogP contribution in [0.25, 0.3) is 6.08 Å². The molecule has 1 amide bonds. The average Bonchev–Trinajstić information content (AvgIpc) is 3.21. The topological polar surface area (TPSA) is 45.8 Å². The molecular formula is C23H20N2O2S. The van der Waals surface area contributed by atoms with E-state index >= 15 is 0 Å². The molecule has 0 radical (unpaired) electrons. The van der Waals surface area contributed by atoms with E-state index in [2.05, 4.69) is 0 Å². The Bertz CT molecular complexity index is 1110. The van der Waals surface area contributed by atoms with Gasteiger partial charge in [-0.2, -0.15) is 0 Å². The van der Waals surface area contributed by atoms with Crippen molar-refractivity contribution in [1.29, 1.82) is 0 Å². The van der Waals surface area contributed by atoms with Gasteiger partial charge in [0.1, 0.15) is 11.5 Å². The summed E-state index contributed by atoms with van der Waals surface area (Å²) in [5.41, 5.74) is 3.77. The van der Waals surface area contributed by atoms with Gasteiger partial charge in [-0.1, -0.05) is 36.4 Å². The molecule has 0 unspecified atom stereocenters. The molecule has 0 spiro atoms. The van der Waals surface area contributed by atoms with Crippen molar-refractivity contribution in [2.75, 3.05) is 4.90 Å². The third kappa shape index (κ3) is 3.53. The Balaban J connectivity index is 1.82. The fourth-order valence-electron chi connectivity index (χ4n) is 3.03.